The van der Waals surface area contributed by atoms with E-state index in [1.165, 1.54) is 0 Å². The molecule has 3 atom stereocenters. The van der Waals surface area contributed by atoms with Gasteiger partial charge in [0.2, 0.25) is 0 Å². The molecule has 0 saturated heterocycles. The first-order chi connectivity index (χ1) is 12.3. The van der Waals surface area contributed by atoms with Crippen molar-refractivity contribution in [2.75, 3.05) is 7.11 Å². The van der Waals surface area contributed by atoms with Gasteiger partial charge in [0.15, 0.2) is 0 Å². The summed E-state index contributed by atoms with van der Waals surface area (Å²) in [6.07, 6.45) is -0.0138. The quantitative estimate of drug-likeness (QED) is 0.839. The second-order valence-electron chi connectivity index (χ2n) is 7.40. The monoisotopic (exact) mass is 364 g/mol. The zero-order valence-corrected chi connectivity index (χ0v) is 15.8. The zero-order chi connectivity index (χ0) is 19.2. The van der Waals surface area contributed by atoms with Gasteiger partial charge in [-0.25, -0.2) is 9.59 Å². The molecule has 0 unspecified atom stereocenters. The van der Waals surface area contributed by atoms with Crippen molar-refractivity contribution in [2.45, 2.75) is 64.0 Å². The molecular formula is C19H28N2O5. The normalized spacial score (nSPS) is 22.5. The van der Waals surface area contributed by atoms with Crippen molar-refractivity contribution in [3.8, 4) is 0 Å². The fourth-order valence-electron chi connectivity index (χ4n) is 2.92. The predicted octanol–water partition coefficient (Wildman–Crippen LogP) is 2.98. The van der Waals surface area contributed by atoms with Crippen LogP contribution in [0, 0.1) is 0 Å². The summed E-state index contributed by atoms with van der Waals surface area (Å²) in [5.41, 5.74) is 0.365. The molecule has 7 heteroatoms. The van der Waals surface area contributed by atoms with Crippen LogP contribution in [0.1, 0.15) is 39.2 Å². The molecule has 0 bridgehead atoms. The predicted molar refractivity (Wildman–Crippen MR) is 96.7 cm³/mol. The Morgan fingerprint density at radius 2 is 1.77 bits per heavy atom. The SMILES string of the molecule is CO[C@@H]1C[C@H](NC(=O)OC(C)(C)C)C[C@@H]1NC(=O)OCc1ccccc1. The highest BCUT2D eigenvalue weighted by Crippen LogP contribution is 2.23. The molecule has 7 nitrogen and oxygen atoms in total. The average molecular weight is 364 g/mol. The van der Waals surface area contributed by atoms with Crippen LogP contribution in [-0.4, -0.2) is 43.1 Å². The Kier molecular flexibility index (Phi) is 6.85. The minimum Gasteiger partial charge on any atom is -0.445 e. The van der Waals surface area contributed by atoms with Gasteiger partial charge in [-0.05, 0) is 39.2 Å². The van der Waals surface area contributed by atoms with E-state index in [1.807, 2.05) is 51.1 Å². The Hall–Kier alpha value is -2.28. The number of hydrogen-bond donors (Lipinski definition) is 2. The van der Waals surface area contributed by atoms with E-state index in [0.717, 1.165) is 5.56 Å². The lowest BCUT2D eigenvalue weighted by molar-refractivity contribution is 0.0494. The number of hydrogen-bond acceptors (Lipinski definition) is 5. The van der Waals surface area contributed by atoms with Gasteiger partial charge >= 0.3 is 12.2 Å². The summed E-state index contributed by atoms with van der Waals surface area (Å²) < 4.78 is 16.0. The highest BCUT2D eigenvalue weighted by atomic mass is 16.6. The molecule has 0 aliphatic heterocycles. The molecular weight excluding hydrogens is 336 g/mol. The van der Waals surface area contributed by atoms with E-state index < -0.39 is 17.8 Å². The second-order valence-corrected chi connectivity index (χ2v) is 7.40. The van der Waals surface area contributed by atoms with Gasteiger partial charge in [0, 0.05) is 13.2 Å². The first-order valence-corrected chi connectivity index (χ1v) is 8.76. The van der Waals surface area contributed by atoms with Gasteiger partial charge in [0.1, 0.15) is 12.2 Å². The van der Waals surface area contributed by atoms with Gasteiger partial charge in [-0.2, -0.15) is 0 Å². The Balaban J connectivity index is 1.80. The van der Waals surface area contributed by atoms with Gasteiger partial charge in [-0.15, -0.1) is 0 Å². The molecule has 2 N–H and O–H groups in total. The van der Waals surface area contributed by atoms with E-state index in [2.05, 4.69) is 10.6 Å². The molecule has 2 amide bonds. The number of nitrogens with one attached hydrogen (secondary N) is 2. The molecule has 1 fully saturated rings. The Labute approximate surface area is 154 Å². The smallest absolute Gasteiger partial charge is 0.407 e. The fourth-order valence-corrected chi connectivity index (χ4v) is 2.92. The lowest BCUT2D eigenvalue weighted by Gasteiger charge is -2.21. The van der Waals surface area contributed by atoms with Crippen molar-refractivity contribution in [3.63, 3.8) is 0 Å². The maximum absolute atomic E-state index is 12.0. The van der Waals surface area contributed by atoms with Crippen LogP contribution >= 0.6 is 0 Å². The molecule has 1 aromatic carbocycles. The van der Waals surface area contributed by atoms with E-state index >= 15 is 0 Å². The number of rotatable bonds is 5. The van der Waals surface area contributed by atoms with E-state index in [9.17, 15) is 9.59 Å². The highest BCUT2D eigenvalue weighted by Gasteiger charge is 2.37. The molecule has 0 radical (unpaired) electrons. The Morgan fingerprint density at radius 1 is 1.08 bits per heavy atom. The number of methoxy groups -OCH3 is 1. The van der Waals surface area contributed by atoms with Crippen LogP contribution in [0.3, 0.4) is 0 Å². The van der Waals surface area contributed by atoms with Crippen molar-refractivity contribution in [2.24, 2.45) is 0 Å². The molecule has 1 aliphatic rings. The molecule has 26 heavy (non-hydrogen) atoms. The van der Waals surface area contributed by atoms with Gasteiger partial charge in [0.25, 0.3) is 0 Å². The molecule has 1 saturated carbocycles. The van der Waals surface area contributed by atoms with Crippen molar-refractivity contribution in [1.82, 2.24) is 10.6 Å². The van der Waals surface area contributed by atoms with Crippen molar-refractivity contribution >= 4 is 12.2 Å². The molecule has 0 spiro atoms. The van der Waals surface area contributed by atoms with Crippen molar-refractivity contribution in [1.29, 1.82) is 0 Å². The van der Waals surface area contributed by atoms with E-state index in [-0.39, 0.29) is 24.8 Å². The average Bonchev–Trinajstić information content (AvgIpc) is 2.93. The number of amides is 2. The highest BCUT2D eigenvalue weighted by molar-refractivity contribution is 5.69. The van der Waals surface area contributed by atoms with Crippen LogP contribution in [0.15, 0.2) is 30.3 Å². The van der Waals surface area contributed by atoms with Crippen LogP contribution in [0.25, 0.3) is 0 Å². The Bertz CT molecular complexity index is 600. The minimum atomic E-state index is -0.553. The van der Waals surface area contributed by atoms with Gasteiger partial charge in [-0.3, -0.25) is 0 Å². The number of benzene rings is 1. The first-order valence-electron chi connectivity index (χ1n) is 8.76. The molecule has 1 aromatic rings. The van der Waals surface area contributed by atoms with Crippen molar-refractivity contribution in [3.05, 3.63) is 35.9 Å². The third-order valence-corrected chi connectivity index (χ3v) is 4.04. The standard InChI is InChI=1S/C19H28N2O5/c1-19(2,3)26-18(23)20-14-10-15(16(11-14)24-4)21-17(22)25-12-13-8-6-5-7-9-13/h5-9,14-16H,10-12H2,1-4H3,(H,20,23)(H,21,22)/t14-,15+,16-/m1/s1. The maximum atomic E-state index is 12.0. The lowest BCUT2D eigenvalue weighted by atomic mass is 10.2. The van der Waals surface area contributed by atoms with E-state index in [4.69, 9.17) is 14.2 Å². The summed E-state index contributed by atoms with van der Waals surface area (Å²) in [5, 5.41) is 5.65. The van der Waals surface area contributed by atoms with Crippen LogP contribution < -0.4 is 10.6 Å². The maximum Gasteiger partial charge on any atom is 0.407 e. The molecule has 0 aromatic heterocycles. The summed E-state index contributed by atoms with van der Waals surface area (Å²) >= 11 is 0. The summed E-state index contributed by atoms with van der Waals surface area (Å²) in [5.74, 6) is 0. The minimum absolute atomic E-state index is 0.130. The van der Waals surface area contributed by atoms with Gasteiger partial charge in [-0.1, -0.05) is 30.3 Å². The number of carbonyl (C=O) groups is 2. The summed E-state index contributed by atoms with van der Waals surface area (Å²) in [6.45, 7) is 5.64. The van der Waals surface area contributed by atoms with Crippen molar-refractivity contribution < 1.29 is 23.8 Å². The van der Waals surface area contributed by atoms with Crippen LogP contribution in [-0.2, 0) is 20.8 Å². The van der Waals surface area contributed by atoms with Gasteiger partial charge in [0.05, 0.1) is 12.1 Å². The molecule has 0 heterocycles. The fraction of sp³-hybridized carbons (Fsp3) is 0.579. The van der Waals surface area contributed by atoms with E-state index in [0.29, 0.717) is 12.8 Å². The molecule has 2 rings (SSSR count). The summed E-state index contributed by atoms with van der Waals surface area (Å²) in [4.78, 5) is 24.0. The number of carbonyl (C=O) groups excluding carboxylic acids is 2. The topological polar surface area (TPSA) is 85.9 Å². The molecule has 144 valence electrons. The molecule has 1 aliphatic carbocycles. The largest absolute Gasteiger partial charge is 0.445 e. The lowest BCUT2D eigenvalue weighted by Crippen LogP contribution is -2.41. The van der Waals surface area contributed by atoms with E-state index in [1.54, 1.807) is 7.11 Å². The third kappa shape index (κ3) is 6.55. The first kappa shape index (κ1) is 20.0. The van der Waals surface area contributed by atoms with Crippen LogP contribution in [0.2, 0.25) is 0 Å². The second kappa shape index (κ2) is 8.89. The summed E-state index contributed by atoms with van der Waals surface area (Å²) in [7, 11) is 1.59. The number of ether oxygens (including phenoxy) is 3. The van der Waals surface area contributed by atoms with Crippen LogP contribution in [0.4, 0.5) is 9.59 Å². The third-order valence-electron chi connectivity index (χ3n) is 4.04. The number of alkyl carbamates (subject to hydrolysis) is 2. The zero-order valence-electron chi connectivity index (χ0n) is 15.8. The summed E-state index contributed by atoms with van der Waals surface area (Å²) in [6, 6.07) is 9.10. The van der Waals surface area contributed by atoms with Gasteiger partial charge < -0.3 is 24.8 Å². The van der Waals surface area contributed by atoms with Crippen LogP contribution in [0.5, 0.6) is 0 Å². The Morgan fingerprint density at radius 3 is 2.38 bits per heavy atom.